The van der Waals surface area contributed by atoms with Crippen LogP contribution in [0.4, 0.5) is 4.79 Å². The third kappa shape index (κ3) is 1.34. The molecule has 2 N–H and O–H groups in total. The summed E-state index contributed by atoms with van der Waals surface area (Å²) in [6.45, 7) is 0.634. The van der Waals surface area contributed by atoms with Gasteiger partial charge < -0.3 is 10.2 Å². The molecule has 13 heavy (non-hydrogen) atoms. The molecule has 6 heteroatoms. The van der Waals surface area contributed by atoms with Gasteiger partial charge in [-0.05, 0) is 6.92 Å². The van der Waals surface area contributed by atoms with E-state index in [-0.39, 0.29) is 13.1 Å². The minimum absolute atomic E-state index is 0.267. The van der Waals surface area contributed by atoms with Crippen LogP contribution >= 0.6 is 0 Å². The van der Waals surface area contributed by atoms with Crippen LogP contribution in [0.3, 0.4) is 0 Å². The van der Waals surface area contributed by atoms with E-state index in [0.29, 0.717) is 0 Å². The van der Waals surface area contributed by atoms with Crippen molar-refractivity contribution in [3.05, 3.63) is 0 Å². The number of rotatable bonds is 1. The number of carboxylic acids is 1. The van der Waals surface area contributed by atoms with Gasteiger partial charge in [-0.3, -0.25) is 14.5 Å². The Kier molecular flexibility index (Phi) is 1.99. The predicted molar refractivity (Wildman–Crippen MR) is 40.3 cm³/mol. The number of nitrogens with zero attached hydrogens (tertiary/aromatic N) is 1. The first-order chi connectivity index (χ1) is 5.88. The Hall–Kier alpha value is -1.59. The summed E-state index contributed by atoms with van der Waals surface area (Å²) in [6.07, 6.45) is -1.27. The van der Waals surface area contributed by atoms with Crippen molar-refractivity contribution in [2.45, 2.75) is 6.92 Å². The first kappa shape index (κ1) is 9.50. The highest BCUT2D eigenvalue weighted by Crippen LogP contribution is 2.26. The van der Waals surface area contributed by atoms with Crippen LogP contribution in [0, 0.1) is 5.41 Å². The Labute approximate surface area is 73.8 Å². The van der Waals surface area contributed by atoms with Crippen molar-refractivity contribution in [3.8, 4) is 0 Å². The second-order valence-electron chi connectivity index (χ2n) is 3.20. The molecule has 0 aliphatic carbocycles. The highest BCUT2D eigenvalue weighted by Gasteiger charge is 2.49. The molecule has 1 rings (SSSR count). The van der Waals surface area contributed by atoms with Gasteiger partial charge in [0.2, 0.25) is 0 Å². The Morgan fingerprint density at radius 2 is 2.00 bits per heavy atom. The van der Waals surface area contributed by atoms with Crippen molar-refractivity contribution in [2.75, 3.05) is 13.1 Å². The molecule has 1 heterocycles. The van der Waals surface area contributed by atoms with Gasteiger partial charge in [0.05, 0.1) is 6.54 Å². The topological polar surface area (TPSA) is 94.9 Å². The maximum Gasteiger partial charge on any atom is 0.407 e. The van der Waals surface area contributed by atoms with E-state index >= 15 is 0 Å². The fraction of sp³-hybridized carbons (Fsp3) is 0.571. The normalized spacial score (nSPS) is 27.8. The number of carbonyl (C=O) groups excluding carboxylic acids is 1. The summed E-state index contributed by atoms with van der Waals surface area (Å²) < 4.78 is 0. The smallest absolute Gasteiger partial charge is 0.407 e. The fourth-order valence-electron chi connectivity index (χ4n) is 1.20. The molecule has 0 aromatic carbocycles. The molecule has 0 saturated carbocycles. The lowest BCUT2D eigenvalue weighted by Gasteiger charge is -2.15. The Morgan fingerprint density at radius 3 is 2.23 bits per heavy atom. The maximum atomic E-state index is 11.2. The highest BCUT2D eigenvalue weighted by molar-refractivity contribution is 6.06. The number of ketones is 1. The van der Waals surface area contributed by atoms with Crippen LogP contribution in [0.2, 0.25) is 0 Å². The summed E-state index contributed by atoms with van der Waals surface area (Å²) in [7, 11) is 0. The van der Waals surface area contributed by atoms with Crippen molar-refractivity contribution in [3.63, 3.8) is 0 Å². The van der Waals surface area contributed by atoms with E-state index in [1.165, 1.54) is 6.92 Å². The van der Waals surface area contributed by atoms with Gasteiger partial charge in [-0.15, -0.1) is 0 Å². The molecule has 1 atom stereocenters. The van der Waals surface area contributed by atoms with Gasteiger partial charge in [-0.25, -0.2) is 4.79 Å². The number of aliphatic carboxylic acids is 1. The van der Waals surface area contributed by atoms with E-state index in [0.717, 1.165) is 4.90 Å². The molecule has 0 radical (unpaired) electrons. The Morgan fingerprint density at radius 1 is 1.46 bits per heavy atom. The van der Waals surface area contributed by atoms with Gasteiger partial charge in [0.1, 0.15) is 5.41 Å². The molecular weight excluding hydrogens is 178 g/mol. The van der Waals surface area contributed by atoms with Crippen molar-refractivity contribution in [1.29, 1.82) is 0 Å². The van der Waals surface area contributed by atoms with Crippen LogP contribution in [-0.4, -0.2) is 46.0 Å². The van der Waals surface area contributed by atoms with E-state index in [9.17, 15) is 14.4 Å². The molecule has 1 fully saturated rings. The standard InChI is InChI=1S/C7H9NO5/c1-7(5(10)11)3-8(6(12)13)2-4(7)9/h2-3H2,1H3,(H,10,11)(H,12,13). The number of carbonyl (C=O) groups is 3. The van der Waals surface area contributed by atoms with Gasteiger partial charge >= 0.3 is 12.1 Å². The van der Waals surface area contributed by atoms with Crippen molar-refractivity contribution >= 4 is 17.8 Å². The third-order valence-corrected chi connectivity index (χ3v) is 2.20. The van der Waals surface area contributed by atoms with Gasteiger partial charge in [0, 0.05) is 6.54 Å². The number of hydrogen-bond donors (Lipinski definition) is 2. The van der Waals surface area contributed by atoms with Gasteiger partial charge in [0.15, 0.2) is 5.78 Å². The zero-order chi connectivity index (χ0) is 10.2. The van der Waals surface area contributed by atoms with Crippen LogP contribution in [-0.2, 0) is 9.59 Å². The average molecular weight is 187 g/mol. The minimum Gasteiger partial charge on any atom is -0.480 e. The van der Waals surface area contributed by atoms with Gasteiger partial charge in [0.25, 0.3) is 0 Å². The third-order valence-electron chi connectivity index (χ3n) is 2.20. The van der Waals surface area contributed by atoms with Crippen molar-refractivity contribution in [1.82, 2.24) is 4.90 Å². The summed E-state index contributed by atoms with van der Waals surface area (Å²) >= 11 is 0. The van der Waals surface area contributed by atoms with Crippen molar-refractivity contribution < 1.29 is 24.6 Å². The SMILES string of the molecule is CC1(C(=O)O)CN(C(=O)O)CC1=O. The molecule has 1 unspecified atom stereocenters. The Balaban J connectivity index is 2.89. The molecule has 1 amide bonds. The quantitative estimate of drug-likeness (QED) is 0.546. The van der Waals surface area contributed by atoms with Gasteiger partial charge in [-0.1, -0.05) is 0 Å². The summed E-state index contributed by atoms with van der Waals surface area (Å²) in [5.74, 6) is -1.84. The first-order valence-corrected chi connectivity index (χ1v) is 3.62. The molecule has 0 spiro atoms. The molecule has 72 valence electrons. The number of likely N-dealkylation sites (tertiary alicyclic amines) is 1. The molecule has 1 aliphatic heterocycles. The Bertz CT molecular complexity index is 287. The van der Waals surface area contributed by atoms with Crippen LogP contribution < -0.4 is 0 Å². The first-order valence-electron chi connectivity index (χ1n) is 3.62. The number of hydrogen-bond acceptors (Lipinski definition) is 3. The highest BCUT2D eigenvalue weighted by atomic mass is 16.4. The molecule has 1 saturated heterocycles. The zero-order valence-corrected chi connectivity index (χ0v) is 6.98. The minimum atomic E-state index is -1.57. The molecular formula is C7H9NO5. The average Bonchev–Trinajstić information content (AvgIpc) is 2.30. The van der Waals surface area contributed by atoms with Crippen LogP contribution in [0.5, 0.6) is 0 Å². The lowest BCUT2D eigenvalue weighted by atomic mass is 9.89. The van der Waals surface area contributed by atoms with E-state index in [2.05, 4.69) is 0 Å². The molecule has 6 nitrogen and oxygen atoms in total. The van der Waals surface area contributed by atoms with Crippen molar-refractivity contribution in [2.24, 2.45) is 5.41 Å². The summed E-state index contributed by atoms with van der Waals surface area (Å²) in [4.78, 5) is 33.1. The zero-order valence-electron chi connectivity index (χ0n) is 6.98. The van der Waals surface area contributed by atoms with E-state index in [4.69, 9.17) is 10.2 Å². The molecule has 1 aliphatic rings. The lowest BCUT2D eigenvalue weighted by molar-refractivity contribution is -0.151. The summed E-state index contributed by atoms with van der Waals surface area (Å²) in [5.41, 5.74) is -1.57. The van der Waals surface area contributed by atoms with Crippen LogP contribution in [0.1, 0.15) is 6.92 Å². The molecule has 0 aromatic heterocycles. The monoisotopic (exact) mass is 187 g/mol. The van der Waals surface area contributed by atoms with Crippen LogP contribution in [0.25, 0.3) is 0 Å². The lowest BCUT2D eigenvalue weighted by Crippen LogP contribution is -2.36. The number of amides is 1. The molecule has 0 bridgehead atoms. The van der Waals surface area contributed by atoms with Gasteiger partial charge in [-0.2, -0.15) is 0 Å². The molecule has 0 aromatic rings. The maximum absolute atomic E-state index is 11.2. The summed E-state index contributed by atoms with van der Waals surface area (Å²) in [6, 6.07) is 0. The largest absolute Gasteiger partial charge is 0.480 e. The van der Waals surface area contributed by atoms with E-state index in [1.807, 2.05) is 0 Å². The second-order valence-corrected chi connectivity index (χ2v) is 3.20. The van der Waals surface area contributed by atoms with E-state index in [1.54, 1.807) is 0 Å². The summed E-state index contributed by atoms with van der Waals surface area (Å²) in [5, 5.41) is 17.2. The second kappa shape index (κ2) is 2.72. The van der Waals surface area contributed by atoms with E-state index < -0.39 is 23.3 Å². The fourth-order valence-corrected chi connectivity index (χ4v) is 1.20. The van der Waals surface area contributed by atoms with Crippen LogP contribution in [0.15, 0.2) is 0 Å². The number of carboxylic acid groups (broad SMARTS) is 2. The predicted octanol–water partition coefficient (Wildman–Crippen LogP) is -0.360. The number of Topliss-reactive ketones (excluding diaryl/α,β-unsaturated/α-hetero) is 1.